The molecule has 0 atom stereocenters. The molecule has 0 N–H and O–H groups in total. The normalized spacial score (nSPS) is 12.1. The second kappa shape index (κ2) is 4.25. The molecular formula is C6H5F4IN2S. The smallest absolute Gasteiger partial charge is 0.242 e. The molecular weight excluding hydrogens is 335 g/mol. The Labute approximate surface area is 93.6 Å². The maximum Gasteiger partial charge on any atom is 0.435 e. The quantitative estimate of drug-likeness (QED) is 0.608. The van der Waals surface area contributed by atoms with Crippen LogP contribution in [0.1, 0.15) is 11.3 Å². The van der Waals surface area contributed by atoms with Crippen LogP contribution in [0.25, 0.3) is 0 Å². The summed E-state index contributed by atoms with van der Waals surface area (Å²) in [7, 11) is 2.23. The predicted octanol–water partition coefficient (Wildman–Crippen LogP) is 3.16. The maximum atomic E-state index is 13.1. The van der Waals surface area contributed by atoms with Crippen LogP contribution in [-0.4, -0.2) is 9.78 Å². The molecule has 1 aromatic rings. The van der Waals surface area contributed by atoms with Gasteiger partial charge in [0.2, 0.25) is 5.95 Å². The summed E-state index contributed by atoms with van der Waals surface area (Å²) in [5, 5.41) is 3.10. The minimum atomic E-state index is -4.59. The first kappa shape index (κ1) is 12.1. The highest BCUT2D eigenvalue weighted by atomic mass is 127. The molecule has 0 spiro atoms. The lowest BCUT2D eigenvalue weighted by molar-refractivity contribution is -0.141. The van der Waals surface area contributed by atoms with Crippen LogP contribution in [0.4, 0.5) is 17.6 Å². The molecule has 0 fully saturated rings. The fourth-order valence-corrected chi connectivity index (χ4v) is 2.26. The van der Waals surface area contributed by atoms with Gasteiger partial charge in [-0.1, -0.05) is 8.93 Å². The predicted molar refractivity (Wildman–Crippen MR) is 53.5 cm³/mol. The Hall–Kier alpha value is 0.01000. The minimum Gasteiger partial charge on any atom is -0.242 e. The molecule has 0 aliphatic heterocycles. The van der Waals surface area contributed by atoms with Crippen LogP contribution < -0.4 is 0 Å². The van der Waals surface area contributed by atoms with Gasteiger partial charge in [0, 0.05) is 12.8 Å². The lowest BCUT2D eigenvalue weighted by Crippen LogP contribution is -2.09. The van der Waals surface area contributed by atoms with Crippen LogP contribution in [0.15, 0.2) is 0 Å². The second-order valence-corrected chi connectivity index (χ2v) is 4.87. The number of aromatic nitrogens is 2. The molecule has 0 aromatic carbocycles. The van der Waals surface area contributed by atoms with Gasteiger partial charge >= 0.3 is 6.18 Å². The van der Waals surface area contributed by atoms with Gasteiger partial charge in [-0.05, 0) is 21.2 Å². The molecule has 14 heavy (non-hydrogen) atoms. The molecule has 0 saturated carbocycles. The molecule has 0 unspecified atom stereocenters. The van der Waals surface area contributed by atoms with Crippen molar-refractivity contribution in [2.45, 2.75) is 11.9 Å². The summed E-state index contributed by atoms with van der Waals surface area (Å²) in [4.78, 5) is 0. The Bertz CT molecular complexity index is 335. The zero-order chi connectivity index (χ0) is 10.9. The summed E-state index contributed by atoms with van der Waals surface area (Å²) in [5.41, 5.74) is -1.53. The van der Waals surface area contributed by atoms with E-state index in [4.69, 9.17) is 0 Å². The van der Waals surface area contributed by atoms with Crippen molar-refractivity contribution in [1.29, 1.82) is 0 Å². The van der Waals surface area contributed by atoms with Crippen molar-refractivity contribution in [2.24, 2.45) is 7.05 Å². The van der Waals surface area contributed by atoms with Crippen LogP contribution >= 0.6 is 30.1 Å². The van der Waals surface area contributed by atoms with E-state index in [0.717, 1.165) is 16.0 Å². The average molecular weight is 340 g/mol. The highest BCUT2D eigenvalue weighted by Crippen LogP contribution is 2.34. The molecule has 80 valence electrons. The van der Waals surface area contributed by atoms with Gasteiger partial charge in [-0.25, -0.2) is 4.68 Å². The zero-order valence-electron chi connectivity index (χ0n) is 6.90. The molecule has 1 heterocycles. The first-order valence-electron chi connectivity index (χ1n) is 3.40. The zero-order valence-corrected chi connectivity index (χ0v) is 9.87. The highest BCUT2D eigenvalue weighted by Gasteiger charge is 2.38. The van der Waals surface area contributed by atoms with E-state index in [2.05, 4.69) is 5.10 Å². The molecule has 8 heteroatoms. The summed E-state index contributed by atoms with van der Waals surface area (Å²) in [6.07, 6.45) is -4.59. The summed E-state index contributed by atoms with van der Waals surface area (Å²) in [5.74, 6) is -0.976. The van der Waals surface area contributed by atoms with Gasteiger partial charge in [0.15, 0.2) is 5.69 Å². The summed E-state index contributed by atoms with van der Waals surface area (Å²) >= 11 is 1.81. The van der Waals surface area contributed by atoms with Crippen molar-refractivity contribution in [2.75, 3.05) is 0 Å². The molecule has 1 rings (SSSR count). The van der Waals surface area contributed by atoms with Gasteiger partial charge in [-0.3, -0.25) is 0 Å². The topological polar surface area (TPSA) is 17.8 Å². The number of alkyl halides is 3. The number of rotatable bonds is 2. The van der Waals surface area contributed by atoms with E-state index in [1.807, 2.05) is 21.2 Å². The Morgan fingerprint density at radius 1 is 1.50 bits per heavy atom. The highest BCUT2D eigenvalue weighted by molar-refractivity contribution is 14.2. The fraction of sp³-hybridized carbons (Fsp3) is 0.500. The third-order valence-corrected chi connectivity index (χ3v) is 2.87. The largest absolute Gasteiger partial charge is 0.435 e. The SMILES string of the molecule is Cn1nc(C(F)(F)F)c(CSI)c1F. The van der Waals surface area contributed by atoms with Crippen molar-refractivity contribution < 1.29 is 17.6 Å². The molecule has 0 radical (unpaired) electrons. The molecule has 1 aromatic heterocycles. The van der Waals surface area contributed by atoms with Crippen molar-refractivity contribution >= 4 is 30.1 Å². The van der Waals surface area contributed by atoms with Gasteiger partial charge in [0.1, 0.15) is 0 Å². The standard InChI is InChI=1S/C6H5F4IN2S/c1-13-5(7)3(2-14-11)4(12-13)6(8,9)10/h2H2,1H3. The Kier molecular flexibility index (Phi) is 3.67. The Balaban J connectivity index is 3.22. The van der Waals surface area contributed by atoms with Crippen molar-refractivity contribution in [3.8, 4) is 0 Å². The van der Waals surface area contributed by atoms with Crippen molar-refractivity contribution in [3.05, 3.63) is 17.2 Å². The van der Waals surface area contributed by atoms with Crippen molar-refractivity contribution in [3.63, 3.8) is 0 Å². The van der Waals surface area contributed by atoms with Crippen LogP contribution in [0.5, 0.6) is 0 Å². The van der Waals surface area contributed by atoms with Crippen molar-refractivity contribution in [1.82, 2.24) is 9.78 Å². The van der Waals surface area contributed by atoms with E-state index in [1.165, 1.54) is 0 Å². The Morgan fingerprint density at radius 2 is 2.07 bits per heavy atom. The second-order valence-electron chi connectivity index (χ2n) is 2.49. The van der Waals surface area contributed by atoms with Gasteiger partial charge in [0.25, 0.3) is 0 Å². The van der Waals surface area contributed by atoms with Crippen LogP contribution in [0, 0.1) is 5.95 Å². The third-order valence-electron chi connectivity index (χ3n) is 1.54. The van der Waals surface area contributed by atoms with E-state index < -0.39 is 17.8 Å². The lowest BCUT2D eigenvalue weighted by atomic mass is 10.2. The Morgan fingerprint density at radius 3 is 2.50 bits per heavy atom. The van der Waals surface area contributed by atoms with Crippen LogP contribution in [0.3, 0.4) is 0 Å². The molecule has 0 saturated heterocycles. The molecule has 2 nitrogen and oxygen atoms in total. The van der Waals surface area contributed by atoms with E-state index in [-0.39, 0.29) is 11.3 Å². The van der Waals surface area contributed by atoms with Gasteiger partial charge < -0.3 is 0 Å². The lowest BCUT2D eigenvalue weighted by Gasteiger charge is -2.03. The van der Waals surface area contributed by atoms with E-state index in [1.54, 1.807) is 0 Å². The maximum absolute atomic E-state index is 13.1. The first-order chi connectivity index (χ1) is 6.38. The van der Waals surface area contributed by atoms with Crippen LogP contribution in [-0.2, 0) is 19.0 Å². The van der Waals surface area contributed by atoms with Gasteiger partial charge in [-0.2, -0.15) is 22.7 Å². The number of hydrogen-bond acceptors (Lipinski definition) is 2. The molecule has 0 bridgehead atoms. The van der Waals surface area contributed by atoms with Crippen LogP contribution in [0.2, 0.25) is 0 Å². The van der Waals surface area contributed by atoms with E-state index in [9.17, 15) is 17.6 Å². The van der Waals surface area contributed by atoms with Gasteiger partial charge in [-0.15, -0.1) is 0 Å². The summed E-state index contributed by atoms with van der Waals surface area (Å²) < 4.78 is 50.7. The average Bonchev–Trinajstić information content (AvgIpc) is 2.32. The fourth-order valence-electron chi connectivity index (χ4n) is 0.958. The van der Waals surface area contributed by atoms with E-state index in [0.29, 0.717) is 4.68 Å². The number of aryl methyl sites for hydroxylation is 1. The third kappa shape index (κ3) is 2.33. The number of hydrogen-bond donors (Lipinski definition) is 0. The monoisotopic (exact) mass is 340 g/mol. The minimum absolute atomic E-state index is 0.0466. The number of halogens is 5. The van der Waals surface area contributed by atoms with E-state index >= 15 is 0 Å². The molecule has 0 amide bonds. The summed E-state index contributed by atoms with van der Waals surface area (Å²) in [6.45, 7) is 0. The molecule has 0 aliphatic carbocycles. The molecule has 0 aliphatic rings. The van der Waals surface area contributed by atoms with Gasteiger partial charge in [0.05, 0.1) is 5.56 Å². The number of nitrogens with zero attached hydrogens (tertiary/aromatic N) is 2. The summed E-state index contributed by atoms with van der Waals surface area (Å²) in [6, 6.07) is 0. The first-order valence-corrected chi connectivity index (χ1v) is 6.93.